The van der Waals surface area contributed by atoms with Gasteiger partial charge in [0, 0.05) is 11.8 Å². The molecule has 17 heavy (non-hydrogen) atoms. The molecule has 0 aromatic rings. The van der Waals surface area contributed by atoms with Crippen molar-refractivity contribution in [2.75, 3.05) is 0 Å². The Hall–Kier alpha value is -0.620. The standard InChI is InChI=1S/C11H16O5S/c1-5(2)11(12)15-9-6-3-7-8(4-6)17(13,14)16-10(7)9/h5-10H,3-4H2,1-2H3. The lowest BCUT2D eigenvalue weighted by Gasteiger charge is -2.25. The van der Waals surface area contributed by atoms with E-state index in [4.69, 9.17) is 8.92 Å². The van der Waals surface area contributed by atoms with E-state index in [1.807, 2.05) is 0 Å². The van der Waals surface area contributed by atoms with Gasteiger partial charge in [-0.2, -0.15) is 8.42 Å². The number of hydrogen-bond donors (Lipinski definition) is 0. The van der Waals surface area contributed by atoms with Crippen LogP contribution in [0.4, 0.5) is 0 Å². The van der Waals surface area contributed by atoms with Gasteiger partial charge in [0.2, 0.25) is 0 Å². The maximum atomic E-state index is 11.7. The average Bonchev–Trinajstić information content (AvgIpc) is 2.81. The smallest absolute Gasteiger partial charge is 0.308 e. The predicted molar refractivity (Wildman–Crippen MR) is 58.5 cm³/mol. The first-order chi connectivity index (χ1) is 7.90. The summed E-state index contributed by atoms with van der Waals surface area (Å²) in [4.78, 5) is 11.6. The van der Waals surface area contributed by atoms with Gasteiger partial charge in [-0.3, -0.25) is 8.98 Å². The highest BCUT2D eigenvalue weighted by Gasteiger charge is 2.65. The van der Waals surface area contributed by atoms with Gasteiger partial charge in [-0.1, -0.05) is 13.8 Å². The normalized spacial score (nSPS) is 45.5. The summed E-state index contributed by atoms with van der Waals surface area (Å²) in [6.07, 6.45) is 0.610. The lowest BCUT2D eigenvalue weighted by molar-refractivity contribution is -0.159. The second-order valence-corrected chi connectivity index (χ2v) is 7.33. The fraction of sp³-hybridized carbons (Fsp3) is 0.909. The first-order valence-corrected chi connectivity index (χ1v) is 7.50. The maximum Gasteiger partial charge on any atom is 0.308 e. The van der Waals surface area contributed by atoms with E-state index in [1.54, 1.807) is 13.8 Å². The van der Waals surface area contributed by atoms with Gasteiger partial charge < -0.3 is 4.74 Å². The summed E-state index contributed by atoms with van der Waals surface area (Å²) in [5, 5.41) is -0.355. The lowest BCUT2D eigenvalue weighted by Crippen LogP contribution is -2.38. The quantitative estimate of drug-likeness (QED) is 0.539. The molecule has 6 heteroatoms. The molecule has 0 amide bonds. The van der Waals surface area contributed by atoms with Crippen LogP contribution in [-0.2, 0) is 23.8 Å². The van der Waals surface area contributed by atoms with Gasteiger partial charge in [-0.15, -0.1) is 0 Å². The number of hydrogen-bond acceptors (Lipinski definition) is 5. The van der Waals surface area contributed by atoms with Crippen LogP contribution in [0.2, 0.25) is 0 Å². The Labute approximate surface area is 101 Å². The van der Waals surface area contributed by atoms with Crippen LogP contribution in [0.15, 0.2) is 0 Å². The fourth-order valence-electron chi connectivity index (χ4n) is 3.31. The van der Waals surface area contributed by atoms with Crippen LogP contribution in [0, 0.1) is 17.8 Å². The van der Waals surface area contributed by atoms with Crippen LogP contribution in [0.3, 0.4) is 0 Å². The van der Waals surface area contributed by atoms with E-state index in [0.29, 0.717) is 6.42 Å². The Morgan fingerprint density at radius 1 is 1.35 bits per heavy atom. The number of rotatable bonds is 2. The molecule has 2 aliphatic carbocycles. The van der Waals surface area contributed by atoms with Crippen LogP contribution >= 0.6 is 0 Å². The Bertz CT molecular complexity index is 454. The van der Waals surface area contributed by atoms with Gasteiger partial charge in [0.1, 0.15) is 12.2 Å². The van der Waals surface area contributed by atoms with Crippen LogP contribution in [-0.4, -0.2) is 31.8 Å². The van der Waals surface area contributed by atoms with Crippen molar-refractivity contribution in [3.63, 3.8) is 0 Å². The summed E-state index contributed by atoms with van der Waals surface area (Å²) in [5.74, 6) is -0.264. The molecule has 2 saturated carbocycles. The van der Waals surface area contributed by atoms with E-state index in [2.05, 4.69) is 0 Å². The van der Waals surface area contributed by atoms with Gasteiger partial charge in [0.15, 0.2) is 0 Å². The summed E-state index contributed by atoms with van der Waals surface area (Å²) in [6.45, 7) is 3.54. The number of carbonyl (C=O) groups excluding carboxylic acids is 1. The largest absolute Gasteiger partial charge is 0.459 e. The third-order valence-electron chi connectivity index (χ3n) is 4.14. The molecular weight excluding hydrogens is 244 g/mol. The Morgan fingerprint density at radius 3 is 2.71 bits per heavy atom. The van der Waals surface area contributed by atoms with E-state index >= 15 is 0 Å². The second-order valence-electron chi connectivity index (χ2n) is 5.54. The average molecular weight is 260 g/mol. The maximum absolute atomic E-state index is 11.7. The number of carbonyl (C=O) groups is 1. The summed E-state index contributed by atoms with van der Waals surface area (Å²) in [5.41, 5.74) is 0. The van der Waals surface area contributed by atoms with Gasteiger partial charge in [0.05, 0.1) is 11.2 Å². The first-order valence-electron chi connectivity index (χ1n) is 6.03. The van der Waals surface area contributed by atoms with E-state index < -0.39 is 16.2 Å². The number of ether oxygens (including phenoxy) is 1. The highest BCUT2D eigenvalue weighted by molar-refractivity contribution is 7.87. The molecule has 96 valence electrons. The van der Waals surface area contributed by atoms with Crippen molar-refractivity contribution in [3.8, 4) is 0 Å². The van der Waals surface area contributed by atoms with Crippen molar-refractivity contribution in [3.05, 3.63) is 0 Å². The molecule has 3 fully saturated rings. The molecule has 0 radical (unpaired) electrons. The van der Waals surface area contributed by atoms with Crippen LogP contribution < -0.4 is 0 Å². The minimum atomic E-state index is -3.41. The van der Waals surface area contributed by atoms with Crippen molar-refractivity contribution >= 4 is 16.1 Å². The Morgan fingerprint density at radius 2 is 2.06 bits per heavy atom. The van der Waals surface area contributed by atoms with E-state index in [1.165, 1.54) is 0 Å². The zero-order chi connectivity index (χ0) is 12.4. The molecule has 3 rings (SSSR count). The van der Waals surface area contributed by atoms with Crippen LogP contribution in [0.5, 0.6) is 0 Å². The van der Waals surface area contributed by atoms with Crippen molar-refractivity contribution < 1.29 is 22.1 Å². The molecule has 1 heterocycles. The monoisotopic (exact) mass is 260 g/mol. The third-order valence-corrected chi connectivity index (χ3v) is 5.91. The lowest BCUT2D eigenvalue weighted by atomic mass is 9.94. The van der Waals surface area contributed by atoms with Crippen molar-refractivity contribution in [1.82, 2.24) is 0 Å². The van der Waals surface area contributed by atoms with Gasteiger partial charge in [0.25, 0.3) is 10.1 Å². The molecule has 0 N–H and O–H groups in total. The van der Waals surface area contributed by atoms with Gasteiger partial charge in [-0.25, -0.2) is 0 Å². The molecule has 3 aliphatic rings. The molecule has 5 nitrogen and oxygen atoms in total. The molecule has 5 atom stereocenters. The molecule has 0 spiro atoms. The summed E-state index contributed by atoms with van der Waals surface area (Å²) >= 11 is 0. The number of fused-ring (bicyclic) bond motifs is 1. The zero-order valence-electron chi connectivity index (χ0n) is 9.83. The van der Waals surface area contributed by atoms with E-state index in [9.17, 15) is 13.2 Å². The van der Waals surface area contributed by atoms with Crippen LogP contribution in [0.25, 0.3) is 0 Å². The van der Waals surface area contributed by atoms with E-state index in [0.717, 1.165) is 6.42 Å². The van der Waals surface area contributed by atoms with E-state index in [-0.39, 0.29) is 35.1 Å². The summed E-state index contributed by atoms with van der Waals surface area (Å²) in [7, 11) is -3.41. The van der Waals surface area contributed by atoms with Crippen molar-refractivity contribution in [1.29, 1.82) is 0 Å². The minimum Gasteiger partial charge on any atom is -0.459 e. The Balaban J connectivity index is 1.81. The predicted octanol–water partition coefficient (Wildman–Crippen LogP) is 0.691. The van der Waals surface area contributed by atoms with Gasteiger partial charge in [-0.05, 0) is 12.8 Å². The third kappa shape index (κ3) is 1.53. The topological polar surface area (TPSA) is 69.7 Å². The minimum absolute atomic E-state index is 0.0370. The first kappa shape index (κ1) is 11.5. The molecule has 0 aromatic carbocycles. The summed E-state index contributed by atoms with van der Waals surface area (Å²) < 4.78 is 33.9. The SMILES string of the molecule is CC(C)C(=O)OC1C2CC3C1OS(=O)(=O)C3C2. The zero-order valence-corrected chi connectivity index (χ0v) is 10.6. The Kier molecular flexibility index (Phi) is 2.32. The van der Waals surface area contributed by atoms with Gasteiger partial charge >= 0.3 is 5.97 Å². The van der Waals surface area contributed by atoms with Crippen LogP contribution in [0.1, 0.15) is 26.7 Å². The highest BCUT2D eigenvalue weighted by Crippen LogP contribution is 2.55. The second kappa shape index (κ2) is 3.45. The fourth-order valence-corrected chi connectivity index (χ4v) is 5.20. The summed E-state index contributed by atoms with van der Waals surface area (Å²) in [6, 6.07) is 0. The molecular formula is C11H16O5S. The molecule has 1 aliphatic heterocycles. The molecule has 1 saturated heterocycles. The number of esters is 1. The van der Waals surface area contributed by atoms with Crippen molar-refractivity contribution in [2.24, 2.45) is 17.8 Å². The molecule has 0 aromatic heterocycles. The molecule has 5 unspecified atom stereocenters. The highest BCUT2D eigenvalue weighted by atomic mass is 32.2. The van der Waals surface area contributed by atoms with Crippen molar-refractivity contribution in [2.45, 2.75) is 44.1 Å². The molecule has 2 bridgehead atoms.